The molecule has 7 heteroatoms. The molecule has 0 aromatic heterocycles. The van der Waals surface area contributed by atoms with Crippen molar-refractivity contribution in [3.63, 3.8) is 0 Å². The number of alkyl halides is 1. The zero-order valence-electron chi connectivity index (χ0n) is 12.1. The minimum absolute atomic E-state index is 0.160. The van der Waals surface area contributed by atoms with Crippen LogP contribution in [-0.2, 0) is 15.9 Å². The number of benzene rings is 1. The van der Waals surface area contributed by atoms with Crippen LogP contribution in [0.5, 0.6) is 0 Å². The summed E-state index contributed by atoms with van der Waals surface area (Å²) >= 11 is 5.70. The van der Waals surface area contributed by atoms with Gasteiger partial charge in [0.05, 0.1) is 0 Å². The lowest BCUT2D eigenvalue weighted by Crippen LogP contribution is -2.48. The number of nitrogens with zero attached hydrogens (tertiary/aromatic N) is 2. The monoisotopic (exact) mass is 334 g/mol. The molecule has 1 heterocycles. The fourth-order valence-corrected chi connectivity index (χ4v) is 4.18. The predicted octanol–water partition coefficient (Wildman–Crippen LogP) is 2.28. The first kappa shape index (κ1) is 16.7. The van der Waals surface area contributed by atoms with Gasteiger partial charge in [0.25, 0.3) is 0 Å². The zero-order chi connectivity index (χ0) is 15.5. The topological polar surface area (TPSA) is 40.6 Å². The standard InChI is InChI=1S/C14H20ClFN2O2S/c1-2-5-17-6-8-18(9-7-17)21(19,20)14-10-12(11-15)3-4-13(14)16/h3-4,10H,2,5-9,11H2,1H3. The average Bonchev–Trinajstić information content (AvgIpc) is 2.48. The van der Waals surface area contributed by atoms with Gasteiger partial charge in [-0.1, -0.05) is 13.0 Å². The molecule has 0 saturated carbocycles. The second kappa shape index (κ2) is 7.05. The molecule has 4 nitrogen and oxygen atoms in total. The first-order valence-electron chi connectivity index (χ1n) is 7.06. The van der Waals surface area contributed by atoms with Crippen molar-refractivity contribution >= 4 is 21.6 Å². The van der Waals surface area contributed by atoms with E-state index in [1.165, 1.54) is 16.4 Å². The molecule has 1 aromatic carbocycles. The lowest BCUT2D eigenvalue weighted by atomic mass is 10.2. The Labute approximate surface area is 130 Å². The maximum Gasteiger partial charge on any atom is 0.246 e. The Balaban J connectivity index is 2.19. The molecule has 0 spiro atoms. The van der Waals surface area contributed by atoms with E-state index in [1.807, 2.05) is 0 Å². The van der Waals surface area contributed by atoms with Crippen LogP contribution < -0.4 is 0 Å². The fourth-order valence-electron chi connectivity index (χ4n) is 2.48. The summed E-state index contributed by atoms with van der Waals surface area (Å²) in [6.45, 7) is 5.22. The quantitative estimate of drug-likeness (QED) is 0.776. The molecule has 21 heavy (non-hydrogen) atoms. The Morgan fingerprint density at radius 3 is 2.48 bits per heavy atom. The zero-order valence-corrected chi connectivity index (χ0v) is 13.6. The molecule has 1 aliphatic rings. The van der Waals surface area contributed by atoms with Crippen LogP contribution in [0.15, 0.2) is 23.1 Å². The molecule has 118 valence electrons. The van der Waals surface area contributed by atoms with E-state index in [1.54, 1.807) is 0 Å². The van der Waals surface area contributed by atoms with Gasteiger partial charge in [-0.3, -0.25) is 0 Å². The third kappa shape index (κ3) is 3.74. The van der Waals surface area contributed by atoms with Gasteiger partial charge in [-0.2, -0.15) is 4.31 Å². The SMILES string of the molecule is CCCN1CCN(S(=O)(=O)c2cc(CCl)ccc2F)CC1. The van der Waals surface area contributed by atoms with E-state index in [2.05, 4.69) is 11.8 Å². The number of piperazine rings is 1. The second-order valence-corrected chi connectivity index (χ2v) is 7.32. The molecule has 0 aliphatic carbocycles. The maximum atomic E-state index is 13.9. The summed E-state index contributed by atoms with van der Waals surface area (Å²) in [7, 11) is -3.79. The minimum Gasteiger partial charge on any atom is -0.301 e. The fraction of sp³-hybridized carbons (Fsp3) is 0.571. The highest BCUT2D eigenvalue weighted by molar-refractivity contribution is 7.89. The van der Waals surface area contributed by atoms with Gasteiger partial charge in [-0.05, 0) is 30.7 Å². The summed E-state index contributed by atoms with van der Waals surface area (Å²) in [5, 5.41) is 0. The first-order valence-corrected chi connectivity index (χ1v) is 9.03. The summed E-state index contributed by atoms with van der Waals surface area (Å²) in [6.07, 6.45) is 1.04. The molecule has 1 aliphatic heterocycles. The van der Waals surface area contributed by atoms with E-state index in [-0.39, 0.29) is 10.8 Å². The molecule has 0 amide bonds. The van der Waals surface area contributed by atoms with Gasteiger partial charge in [0.15, 0.2) is 0 Å². The largest absolute Gasteiger partial charge is 0.301 e. The molecule has 1 fully saturated rings. The summed E-state index contributed by atoms with van der Waals surface area (Å²) in [4.78, 5) is 1.95. The van der Waals surface area contributed by atoms with Crippen molar-refractivity contribution in [2.45, 2.75) is 24.1 Å². The van der Waals surface area contributed by atoms with Crippen molar-refractivity contribution in [1.29, 1.82) is 0 Å². The van der Waals surface area contributed by atoms with Crippen LogP contribution >= 0.6 is 11.6 Å². The van der Waals surface area contributed by atoms with Crippen molar-refractivity contribution in [2.24, 2.45) is 0 Å². The second-order valence-electron chi connectivity index (χ2n) is 5.14. The molecule has 1 saturated heterocycles. The molecule has 2 rings (SSSR count). The number of hydrogen-bond donors (Lipinski definition) is 0. The number of sulfonamides is 1. The van der Waals surface area contributed by atoms with E-state index < -0.39 is 15.8 Å². The van der Waals surface area contributed by atoms with E-state index in [9.17, 15) is 12.8 Å². The number of hydrogen-bond acceptors (Lipinski definition) is 3. The Kier molecular flexibility index (Phi) is 5.60. The Morgan fingerprint density at radius 2 is 1.90 bits per heavy atom. The first-order chi connectivity index (χ1) is 9.98. The molecule has 0 N–H and O–H groups in total. The van der Waals surface area contributed by atoms with Crippen molar-refractivity contribution in [2.75, 3.05) is 32.7 Å². The van der Waals surface area contributed by atoms with Crippen LogP contribution in [0.4, 0.5) is 4.39 Å². The highest BCUT2D eigenvalue weighted by Crippen LogP contribution is 2.22. The van der Waals surface area contributed by atoms with Gasteiger partial charge in [0.1, 0.15) is 10.7 Å². The summed E-state index contributed by atoms with van der Waals surface area (Å²) in [5.74, 6) is -0.563. The van der Waals surface area contributed by atoms with E-state index >= 15 is 0 Å². The van der Waals surface area contributed by atoms with Crippen LogP contribution in [0.1, 0.15) is 18.9 Å². The lowest BCUT2D eigenvalue weighted by molar-refractivity contribution is 0.188. The highest BCUT2D eigenvalue weighted by Gasteiger charge is 2.30. The molecule has 1 aromatic rings. The van der Waals surface area contributed by atoms with E-state index in [0.29, 0.717) is 31.7 Å². The summed E-state index contributed by atoms with van der Waals surface area (Å²) < 4.78 is 40.4. The third-order valence-electron chi connectivity index (χ3n) is 3.64. The van der Waals surface area contributed by atoms with Crippen LogP contribution in [0.3, 0.4) is 0 Å². The maximum absolute atomic E-state index is 13.9. The third-order valence-corrected chi connectivity index (χ3v) is 5.86. The van der Waals surface area contributed by atoms with Crippen molar-refractivity contribution in [3.05, 3.63) is 29.6 Å². The van der Waals surface area contributed by atoms with Crippen molar-refractivity contribution < 1.29 is 12.8 Å². The predicted molar refractivity (Wildman–Crippen MR) is 81.4 cm³/mol. The van der Waals surface area contributed by atoms with Crippen molar-refractivity contribution in [3.8, 4) is 0 Å². The van der Waals surface area contributed by atoms with Gasteiger partial charge in [-0.25, -0.2) is 12.8 Å². The molecule has 0 unspecified atom stereocenters. The van der Waals surface area contributed by atoms with Gasteiger partial charge < -0.3 is 4.90 Å². The highest BCUT2D eigenvalue weighted by atomic mass is 35.5. The minimum atomic E-state index is -3.79. The molecular weight excluding hydrogens is 315 g/mol. The van der Waals surface area contributed by atoms with Gasteiger partial charge in [0, 0.05) is 32.1 Å². The molecule has 0 radical (unpaired) electrons. The van der Waals surface area contributed by atoms with Gasteiger partial charge >= 0.3 is 0 Å². The Bertz CT molecular complexity index is 587. The smallest absolute Gasteiger partial charge is 0.246 e. The van der Waals surface area contributed by atoms with Crippen LogP contribution in [0.25, 0.3) is 0 Å². The summed E-state index contributed by atoms with van der Waals surface area (Å²) in [6, 6.07) is 3.99. The van der Waals surface area contributed by atoms with Crippen LogP contribution in [-0.4, -0.2) is 50.3 Å². The average molecular weight is 335 g/mol. The molecular formula is C14H20ClFN2O2S. The Hall–Kier alpha value is -0.690. The summed E-state index contributed by atoms with van der Waals surface area (Å²) in [5.41, 5.74) is 0.598. The van der Waals surface area contributed by atoms with Gasteiger partial charge in [0.2, 0.25) is 10.0 Å². The van der Waals surface area contributed by atoms with Crippen LogP contribution in [0.2, 0.25) is 0 Å². The number of rotatable bonds is 5. The molecule has 0 bridgehead atoms. The molecule has 0 atom stereocenters. The number of halogens is 2. The van der Waals surface area contributed by atoms with E-state index in [0.717, 1.165) is 19.0 Å². The van der Waals surface area contributed by atoms with Gasteiger partial charge in [-0.15, -0.1) is 11.6 Å². The van der Waals surface area contributed by atoms with Crippen LogP contribution in [0, 0.1) is 5.82 Å². The van der Waals surface area contributed by atoms with Crippen molar-refractivity contribution in [1.82, 2.24) is 9.21 Å². The lowest BCUT2D eigenvalue weighted by Gasteiger charge is -2.33. The normalized spacial score (nSPS) is 18.0. The van der Waals surface area contributed by atoms with E-state index in [4.69, 9.17) is 11.6 Å². The Morgan fingerprint density at radius 1 is 1.24 bits per heavy atom.